The van der Waals surface area contributed by atoms with Gasteiger partial charge in [-0.1, -0.05) is 60.7 Å². The molecule has 2 unspecified atom stereocenters. The van der Waals surface area contributed by atoms with Crippen molar-refractivity contribution in [3.05, 3.63) is 120 Å². The van der Waals surface area contributed by atoms with E-state index in [0.717, 1.165) is 11.1 Å². The fourth-order valence-corrected chi connectivity index (χ4v) is 7.43. The van der Waals surface area contributed by atoms with Crippen LogP contribution >= 0.6 is 0 Å². The van der Waals surface area contributed by atoms with E-state index in [0.29, 0.717) is 48.7 Å². The first-order chi connectivity index (χ1) is 24.8. The number of benzene rings is 3. The molecule has 0 N–H and O–H groups in total. The highest BCUT2D eigenvalue weighted by atomic mass is 19.4. The molecular weight excluding hydrogens is 663 g/mol. The van der Waals surface area contributed by atoms with Gasteiger partial charge in [0.25, 0.3) is 11.7 Å². The normalized spacial score (nSPS) is 18.4. The van der Waals surface area contributed by atoms with Crippen LogP contribution < -0.4 is 9.47 Å². The fraction of sp³-hybridized carbons (Fsp3) is 0.333. The van der Waals surface area contributed by atoms with Crippen LogP contribution in [0.4, 0.5) is 13.2 Å². The molecule has 1 amide bonds. The Morgan fingerprint density at radius 3 is 2.25 bits per heavy atom. The smallest absolute Gasteiger partial charge is 0.453 e. The van der Waals surface area contributed by atoms with E-state index < -0.39 is 12.0 Å². The number of ether oxygens (including phenoxy) is 2. The molecule has 0 aliphatic carbocycles. The minimum atomic E-state index is -4.79. The number of nitrogens with zero attached hydrogens (tertiary/aromatic N) is 9. The second kappa shape index (κ2) is 14.4. The highest BCUT2D eigenvalue weighted by Crippen LogP contribution is 2.40. The molecule has 0 bridgehead atoms. The van der Waals surface area contributed by atoms with Gasteiger partial charge in [0.1, 0.15) is 17.1 Å². The summed E-state index contributed by atoms with van der Waals surface area (Å²) >= 11 is 0. The molecule has 7 rings (SSSR count). The van der Waals surface area contributed by atoms with Crippen molar-refractivity contribution >= 4 is 5.91 Å². The van der Waals surface area contributed by atoms with Crippen molar-refractivity contribution in [1.82, 2.24) is 44.9 Å². The average Bonchev–Trinajstić information content (AvgIpc) is 3.67. The first-order valence-electron chi connectivity index (χ1n) is 16.5. The van der Waals surface area contributed by atoms with Crippen molar-refractivity contribution < 1.29 is 27.4 Å². The summed E-state index contributed by atoms with van der Waals surface area (Å²) in [6, 6.07) is 23.6. The number of fused-ring (bicyclic) bond motifs is 1. The van der Waals surface area contributed by atoms with Crippen LogP contribution in [0, 0.1) is 0 Å². The molecule has 2 aliphatic heterocycles. The molecule has 0 radical (unpaired) electrons. The van der Waals surface area contributed by atoms with Gasteiger partial charge in [0.15, 0.2) is 5.75 Å². The minimum absolute atomic E-state index is 0.0226. The lowest BCUT2D eigenvalue weighted by Crippen LogP contribution is -2.67. The maximum atomic E-state index is 13.9. The molecule has 51 heavy (non-hydrogen) atoms. The molecule has 2 aromatic heterocycles. The molecule has 4 heterocycles. The topological polar surface area (TPSA) is 115 Å². The van der Waals surface area contributed by atoms with Gasteiger partial charge in [-0.15, -0.1) is 5.10 Å². The van der Waals surface area contributed by atoms with Crippen LogP contribution in [0.3, 0.4) is 0 Å². The van der Waals surface area contributed by atoms with E-state index >= 15 is 0 Å². The molecule has 3 aromatic carbocycles. The molecule has 0 spiro atoms. The molecule has 2 fully saturated rings. The van der Waals surface area contributed by atoms with Gasteiger partial charge >= 0.3 is 6.18 Å². The third-order valence-corrected chi connectivity index (χ3v) is 9.59. The van der Waals surface area contributed by atoms with Crippen molar-refractivity contribution in [1.29, 1.82) is 0 Å². The summed E-state index contributed by atoms with van der Waals surface area (Å²) in [6.45, 7) is 3.07. The number of carbonyl (C=O) groups excluding carboxylic acids is 1. The lowest BCUT2D eigenvalue weighted by Gasteiger charge is -2.53. The van der Waals surface area contributed by atoms with Crippen molar-refractivity contribution in [3.63, 3.8) is 0 Å². The molecule has 2 atom stereocenters. The minimum Gasteiger partial charge on any atom is -0.496 e. The standard InChI is InChI=1S/C36H36F3N9O3/c1-50-31-14-13-29(48-35(36(37,38)39)42-43-44-48)33(51-2)27(31)22-45-20-26-21-46(34(49)28-19-40-15-16-41-28)17-18-47(26)30(23-45)32(24-9-5-3-6-10-24)25-11-7-4-8-12-25/h3-16,19,26,30,32H,17-18,20-23H2,1-2H3. The predicted molar refractivity (Wildman–Crippen MR) is 179 cm³/mol. The van der Waals surface area contributed by atoms with E-state index in [9.17, 15) is 18.0 Å². The summed E-state index contributed by atoms with van der Waals surface area (Å²) in [5.41, 5.74) is 3.18. The monoisotopic (exact) mass is 699 g/mol. The number of piperazine rings is 2. The van der Waals surface area contributed by atoms with Crippen LogP contribution in [0.25, 0.3) is 5.69 Å². The predicted octanol–water partition coefficient (Wildman–Crippen LogP) is 4.33. The second-order valence-corrected chi connectivity index (χ2v) is 12.5. The number of carbonyl (C=O) groups is 1. The Hall–Kier alpha value is -5.41. The molecule has 2 saturated heterocycles. The van der Waals surface area contributed by atoms with Crippen molar-refractivity contribution in [3.8, 4) is 17.2 Å². The number of amides is 1. The van der Waals surface area contributed by atoms with Crippen molar-refractivity contribution in [2.75, 3.05) is 46.9 Å². The van der Waals surface area contributed by atoms with Gasteiger partial charge in [0.05, 0.1) is 26.0 Å². The molecule has 264 valence electrons. The first-order valence-corrected chi connectivity index (χ1v) is 16.5. The van der Waals surface area contributed by atoms with E-state index in [2.05, 4.69) is 59.6 Å². The fourth-order valence-electron chi connectivity index (χ4n) is 7.43. The molecule has 15 heteroatoms. The van der Waals surface area contributed by atoms with Gasteiger partial charge in [0.2, 0.25) is 0 Å². The Kier molecular flexibility index (Phi) is 9.65. The van der Waals surface area contributed by atoms with Gasteiger partial charge in [-0.05, 0) is 33.7 Å². The van der Waals surface area contributed by atoms with E-state index in [1.807, 2.05) is 41.3 Å². The number of hydrogen-bond donors (Lipinski definition) is 0. The molecule has 5 aromatic rings. The van der Waals surface area contributed by atoms with Crippen LogP contribution in [-0.2, 0) is 12.7 Å². The molecular formula is C36H36F3N9O3. The first kappa shape index (κ1) is 34.1. The zero-order valence-electron chi connectivity index (χ0n) is 28.0. The largest absolute Gasteiger partial charge is 0.496 e. The molecule has 12 nitrogen and oxygen atoms in total. The lowest BCUT2D eigenvalue weighted by atomic mass is 9.81. The van der Waals surface area contributed by atoms with Crippen LogP contribution in [0.15, 0.2) is 91.4 Å². The van der Waals surface area contributed by atoms with Gasteiger partial charge in [-0.2, -0.15) is 17.9 Å². The Morgan fingerprint density at radius 1 is 0.902 bits per heavy atom. The van der Waals surface area contributed by atoms with Gasteiger partial charge in [0, 0.05) is 69.7 Å². The third-order valence-electron chi connectivity index (χ3n) is 9.59. The second-order valence-electron chi connectivity index (χ2n) is 12.5. The van der Waals surface area contributed by atoms with Crippen molar-refractivity contribution in [2.45, 2.75) is 30.7 Å². The lowest BCUT2D eigenvalue weighted by molar-refractivity contribution is -0.146. The number of methoxy groups -OCH3 is 2. The van der Waals surface area contributed by atoms with Crippen LogP contribution in [0.1, 0.15) is 38.9 Å². The number of halogens is 3. The number of tetrazole rings is 1. The number of rotatable bonds is 9. The van der Waals surface area contributed by atoms with Gasteiger partial charge in [-0.25, -0.2) is 4.98 Å². The van der Waals surface area contributed by atoms with Gasteiger partial charge < -0.3 is 14.4 Å². The highest BCUT2D eigenvalue weighted by Gasteiger charge is 2.44. The summed E-state index contributed by atoms with van der Waals surface area (Å²) in [6.07, 6.45) is -0.274. The maximum Gasteiger partial charge on any atom is 0.453 e. The summed E-state index contributed by atoms with van der Waals surface area (Å²) in [5, 5.41) is 10.2. The Labute approximate surface area is 292 Å². The SMILES string of the molecule is COc1ccc(-n2nnnc2C(F)(F)F)c(OC)c1CN1CC2CN(C(=O)c3cnccn3)CCN2C(C(c2ccccc2)c2ccccc2)C1. The summed E-state index contributed by atoms with van der Waals surface area (Å²) in [7, 11) is 2.91. The summed E-state index contributed by atoms with van der Waals surface area (Å²) < 4.78 is 53.9. The van der Waals surface area contributed by atoms with Crippen LogP contribution in [0.5, 0.6) is 11.5 Å². The maximum absolute atomic E-state index is 13.9. The number of aromatic nitrogens is 6. The quantitative estimate of drug-likeness (QED) is 0.220. The Bertz CT molecular complexity index is 1910. The van der Waals surface area contributed by atoms with Crippen molar-refractivity contribution in [2.24, 2.45) is 0 Å². The number of alkyl halides is 3. The van der Waals surface area contributed by atoms with Crippen LogP contribution in [0.2, 0.25) is 0 Å². The van der Waals surface area contributed by atoms with Crippen LogP contribution in [-0.4, -0.2) is 110 Å². The average molecular weight is 700 g/mol. The third kappa shape index (κ3) is 6.86. The Balaban J connectivity index is 1.29. The van der Waals surface area contributed by atoms with Gasteiger partial charge in [-0.3, -0.25) is 19.6 Å². The highest BCUT2D eigenvalue weighted by molar-refractivity contribution is 5.92. The van der Waals surface area contributed by atoms with E-state index in [-0.39, 0.29) is 47.6 Å². The summed E-state index contributed by atoms with van der Waals surface area (Å²) in [4.78, 5) is 28.5. The number of hydrogen-bond acceptors (Lipinski definition) is 10. The Morgan fingerprint density at radius 2 is 1.63 bits per heavy atom. The van der Waals surface area contributed by atoms with E-state index in [1.165, 1.54) is 38.9 Å². The molecule has 2 aliphatic rings. The zero-order chi connectivity index (χ0) is 35.5. The zero-order valence-corrected chi connectivity index (χ0v) is 28.0. The van der Waals surface area contributed by atoms with E-state index in [4.69, 9.17) is 9.47 Å². The summed E-state index contributed by atoms with van der Waals surface area (Å²) in [5.74, 6) is -0.865. The molecule has 0 saturated carbocycles. The van der Waals surface area contributed by atoms with E-state index in [1.54, 1.807) is 6.07 Å².